The van der Waals surface area contributed by atoms with E-state index in [9.17, 15) is 19.7 Å². The Morgan fingerprint density at radius 2 is 2.18 bits per heavy atom. The predicted molar refractivity (Wildman–Crippen MR) is 74.9 cm³/mol. The number of non-ortho nitro benzene ring substituents is 1. The van der Waals surface area contributed by atoms with Crippen molar-refractivity contribution >= 4 is 17.9 Å². The molecule has 0 aliphatic rings. The smallest absolute Gasteiger partial charge is 0.364 e. The first-order valence-electron chi connectivity index (χ1n) is 6.16. The molecule has 0 aliphatic carbocycles. The fourth-order valence-corrected chi connectivity index (χ4v) is 1.51. The van der Waals surface area contributed by atoms with Crippen molar-refractivity contribution < 1.29 is 14.5 Å². The van der Waals surface area contributed by atoms with E-state index < -0.39 is 22.1 Å². The SMILES string of the molecule is CCOC(=O)c1n[nH]n(/N=C\c2ccc([N+](=O)[O-])cc2)c1=O. The summed E-state index contributed by atoms with van der Waals surface area (Å²) in [6.45, 7) is 1.73. The predicted octanol–water partition coefficient (Wildman–Crippen LogP) is 0.538. The van der Waals surface area contributed by atoms with Crippen molar-refractivity contribution in [2.75, 3.05) is 6.61 Å². The maximum Gasteiger partial charge on any atom is 0.364 e. The Labute approximate surface area is 123 Å². The van der Waals surface area contributed by atoms with Crippen molar-refractivity contribution in [3.05, 3.63) is 56.0 Å². The van der Waals surface area contributed by atoms with E-state index in [1.165, 1.54) is 30.5 Å². The first-order chi connectivity index (χ1) is 10.5. The number of ether oxygens (including phenoxy) is 1. The van der Waals surface area contributed by atoms with Crippen molar-refractivity contribution in [1.82, 2.24) is 15.1 Å². The van der Waals surface area contributed by atoms with E-state index in [0.717, 1.165) is 4.79 Å². The number of aromatic nitrogens is 3. The van der Waals surface area contributed by atoms with Crippen molar-refractivity contribution in [1.29, 1.82) is 0 Å². The number of nitrogens with one attached hydrogen (secondary N) is 1. The lowest BCUT2D eigenvalue weighted by atomic mass is 10.2. The topological polar surface area (TPSA) is 132 Å². The second kappa shape index (κ2) is 6.43. The molecule has 10 heteroatoms. The number of nitro groups is 1. The first-order valence-corrected chi connectivity index (χ1v) is 6.16. The molecule has 1 aromatic heterocycles. The molecule has 0 saturated heterocycles. The molecule has 0 spiro atoms. The van der Waals surface area contributed by atoms with E-state index in [-0.39, 0.29) is 12.3 Å². The van der Waals surface area contributed by atoms with Crippen LogP contribution in [0.2, 0.25) is 0 Å². The highest BCUT2D eigenvalue weighted by Gasteiger charge is 2.17. The minimum atomic E-state index is -0.840. The molecule has 0 unspecified atom stereocenters. The number of hydrogen-bond acceptors (Lipinski definition) is 7. The fourth-order valence-electron chi connectivity index (χ4n) is 1.51. The zero-order chi connectivity index (χ0) is 16.1. The van der Waals surface area contributed by atoms with E-state index in [1.807, 2.05) is 0 Å². The summed E-state index contributed by atoms with van der Waals surface area (Å²) in [6.07, 6.45) is 1.29. The first kappa shape index (κ1) is 15.1. The number of rotatable bonds is 5. The van der Waals surface area contributed by atoms with Crippen LogP contribution in [0.5, 0.6) is 0 Å². The number of nitrogens with zero attached hydrogens (tertiary/aromatic N) is 4. The lowest BCUT2D eigenvalue weighted by molar-refractivity contribution is -0.384. The second-order valence-electron chi connectivity index (χ2n) is 3.99. The number of benzene rings is 1. The average molecular weight is 305 g/mol. The summed E-state index contributed by atoms with van der Waals surface area (Å²) in [6, 6.07) is 5.55. The van der Waals surface area contributed by atoms with Crippen molar-refractivity contribution in [3.63, 3.8) is 0 Å². The monoisotopic (exact) mass is 305 g/mol. The van der Waals surface area contributed by atoms with E-state index in [2.05, 4.69) is 20.2 Å². The number of carbonyl (C=O) groups excluding carboxylic acids is 1. The molecule has 1 N–H and O–H groups in total. The molecular weight excluding hydrogens is 294 g/mol. The summed E-state index contributed by atoms with van der Waals surface area (Å²) < 4.78 is 4.67. The molecule has 0 aliphatic heterocycles. The van der Waals surface area contributed by atoms with Crippen molar-refractivity contribution in [2.45, 2.75) is 6.92 Å². The van der Waals surface area contributed by atoms with Crippen LogP contribution in [0, 0.1) is 10.1 Å². The normalized spacial score (nSPS) is 10.8. The number of aromatic amines is 1. The van der Waals surface area contributed by atoms with Gasteiger partial charge in [0.05, 0.1) is 17.7 Å². The zero-order valence-electron chi connectivity index (χ0n) is 11.4. The molecule has 0 atom stereocenters. The van der Waals surface area contributed by atoms with Gasteiger partial charge in [-0.05, 0) is 24.6 Å². The van der Waals surface area contributed by atoms with Crippen molar-refractivity contribution in [2.24, 2.45) is 5.10 Å². The lowest BCUT2D eigenvalue weighted by Crippen LogP contribution is -2.20. The molecule has 22 heavy (non-hydrogen) atoms. The van der Waals surface area contributed by atoms with Gasteiger partial charge in [0.1, 0.15) is 0 Å². The van der Waals surface area contributed by atoms with Gasteiger partial charge in [-0.3, -0.25) is 14.9 Å². The van der Waals surface area contributed by atoms with Crippen LogP contribution in [0.15, 0.2) is 34.2 Å². The van der Waals surface area contributed by atoms with E-state index >= 15 is 0 Å². The third kappa shape index (κ3) is 3.23. The number of esters is 1. The van der Waals surface area contributed by atoms with Crippen LogP contribution in [0.1, 0.15) is 23.0 Å². The maximum absolute atomic E-state index is 11.8. The Kier molecular flexibility index (Phi) is 4.41. The quantitative estimate of drug-likeness (QED) is 0.371. The third-order valence-electron chi connectivity index (χ3n) is 2.55. The molecule has 2 aromatic rings. The number of hydrogen-bond donors (Lipinski definition) is 1. The number of carbonyl (C=O) groups is 1. The largest absolute Gasteiger partial charge is 0.461 e. The molecule has 1 heterocycles. The molecule has 0 amide bonds. The van der Waals surface area contributed by atoms with Gasteiger partial charge in [0.25, 0.3) is 5.69 Å². The Bertz CT molecular complexity index is 774. The maximum atomic E-state index is 11.8. The highest BCUT2D eigenvalue weighted by atomic mass is 16.6. The van der Waals surface area contributed by atoms with Gasteiger partial charge in [0.2, 0.25) is 5.69 Å². The van der Waals surface area contributed by atoms with Crippen LogP contribution >= 0.6 is 0 Å². The molecule has 0 saturated carbocycles. The van der Waals surface area contributed by atoms with Gasteiger partial charge in [-0.15, -0.1) is 9.89 Å². The molecule has 0 fully saturated rings. The van der Waals surface area contributed by atoms with E-state index in [1.54, 1.807) is 6.92 Å². The van der Waals surface area contributed by atoms with Crippen LogP contribution in [-0.4, -0.2) is 38.8 Å². The molecule has 10 nitrogen and oxygen atoms in total. The molecule has 2 rings (SSSR count). The van der Waals surface area contributed by atoms with Crippen molar-refractivity contribution in [3.8, 4) is 0 Å². The van der Waals surface area contributed by atoms with Crippen LogP contribution in [0.25, 0.3) is 0 Å². The summed E-state index contributed by atoms with van der Waals surface area (Å²) in [5, 5.41) is 20.1. The summed E-state index contributed by atoms with van der Waals surface area (Å²) in [5.74, 6) is -0.840. The highest BCUT2D eigenvalue weighted by Crippen LogP contribution is 2.10. The second-order valence-corrected chi connectivity index (χ2v) is 3.99. The van der Waals surface area contributed by atoms with Gasteiger partial charge in [-0.1, -0.05) is 0 Å². The van der Waals surface area contributed by atoms with E-state index in [0.29, 0.717) is 5.56 Å². The van der Waals surface area contributed by atoms with Gasteiger partial charge in [0, 0.05) is 12.1 Å². The molecule has 0 bridgehead atoms. The van der Waals surface area contributed by atoms with Gasteiger partial charge in [0.15, 0.2) is 0 Å². The Hall–Kier alpha value is -3.30. The summed E-state index contributed by atoms with van der Waals surface area (Å²) >= 11 is 0. The molecule has 114 valence electrons. The standard InChI is InChI=1S/C12H11N5O5/c1-2-22-12(19)10-11(18)16(15-14-10)13-7-8-3-5-9(6-4-8)17(20)21/h3-7,15H,2H2,1H3/b13-7-. The lowest BCUT2D eigenvalue weighted by Gasteiger charge is -1.94. The average Bonchev–Trinajstić information content (AvgIpc) is 2.87. The summed E-state index contributed by atoms with van der Waals surface area (Å²) in [5.41, 5.74) is -0.676. The number of H-pyrrole nitrogens is 1. The Morgan fingerprint density at radius 1 is 1.50 bits per heavy atom. The molecular formula is C12H11N5O5. The highest BCUT2D eigenvalue weighted by molar-refractivity contribution is 5.86. The number of nitro benzene ring substituents is 1. The Balaban J connectivity index is 2.18. The van der Waals surface area contributed by atoms with Gasteiger partial charge in [-0.2, -0.15) is 10.3 Å². The van der Waals surface area contributed by atoms with Crippen LogP contribution in [0.3, 0.4) is 0 Å². The van der Waals surface area contributed by atoms with Crippen LogP contribution in [-0.2, 0) is 4.74 Å². The Morgan fingerprint density at radius 3 is 2.77 bits per heavy atom. The van der Waals surface area contributed by atoms with Gasteiger partial charge >= 0.3 is 11.5 Å². The fraction of sp³-hybridized carbons (Fsp3) is 0.167. The molecule has 1 aromatic carbocycles. The molecule has 0 radical (unpaired) electrons. The zero-order valence-corrected chi connectivity index (χ0v) is 11.4. The minimum absolute atomic E-state index is 0.0551. The summed E-state index contributed by atoms with van der Waals surface area (Å²) in [4.78, 5) is 34.0. The third-order valence-corrected chi connectivity index (χ3v) is 2.55. The van der Waals surface area contributed by atoms with Crippen LogP contribution in [0.4, 0.5) is 5.69 Å². The van der Waals surface area contributed by atoms with Gasteiger partial charge < -0.3 is 4.74 Å². The van der Waals surface area contributed by atoms with Crippen LogP contribution < -0.4 is 5.56 Å². The summed E-state index contributed by atoms with van der Waals surface area (Å²) in [7, 11) is 0. The van der Waals surface area contributed by atoms with E-state index in [4.69, 9.17) is 0 Å². The minimum Gasteiger partial charge on any atom is -0.461 e. The van der Waals surface area contributed by atoms with Gasteiger partial charge in [-0.25, -0.2) is 4.79 Å².